The van der Waals surface area contributed by atoms with Crippen LogP contribution in [-0.4, -0.2) is 18.2 Å². The minimum absolute atomic E-state index is 0.318. The van der Waals surface area contributed by atoms with E-state index in [0.717, 1.165) is 13.0 Å². The molecule has 1 rings (SSSR count). The first-order valence-corrected chi connectivity index (χ1v) is 8.41. The lowest BCUT2D eigenvalue weighted by atomic mass is 9.49. The molecule has 1 aliphatic rings. The van der Waals surface area contributed by atoms with Crippen LogP contribution in [0.25, 0.3) is 0 Å². The molecule has 2 heteroatoms. The first-order chi connectivity index (χ1) is 9.27. The summed E-state index contributed by atoms with van der Waals surface area (Å²) in [5, 5.41) is 0. The van der Waals surface area contributed by atoms with Crippen LogP contribution in [0.5, 0.6) is 0 Å². The molecule has 1 nitrogen and oxygen atoms in total. The van der Waals surface area contributed by atoms with Gasteiger partial charge in [0.2, 0.25) is 0 Å². The third-order valence-corrected chi connectivity index (χ3v) is 3.57. The van der Waals surface area contributed by atoms with Crippen LogP contribution in [0.15, 0.2) is 23.8 Å². The molecule has 0 aromatic carbocycles. The SMILES string of the molecule is CC(C)(C)CB1C=CC=C(CC(C)(C)C)N1CC(C)(C)C. The maximum atomic E-state index is 2.66. The molecule has 1 aliphatic heterocycles. The third kappa shape index (κ3) is 7.24. The lowest BCUT2D eigenvalue weighted by molar-refractivity contribution is 0.285. The Balaban J connectivity index is 3.00. The smallest absolute Gasteiger partial charge is 0.281 e. The number of hydrogen-bond acceptors (Lipinski definition) is 1. The molecule has 120 valence electrons. The second-order valence-corrected chi connectivity index (χ2v) is 10.3. The average Bonchev–Trinajstić information content (AvgIpc) is 2.16. The van der Waals surface area contributed by atoms with Gasteiger partial charge < -0.3 is 4.81 Å². The monoisotopic (exact) mass is 289 g/mol. The molecule has 1 heterocycles. The highest BCUT2D eigenvalue weighted by atomic mass is 15.1. The van der Waals surface area contributed by atoms with Crippen molar-refractivity contribution in [3.63, 3.8) is 0 Å². The van der Waals surface area contributed by atoms with Crippen LogP contribution in [0.3, 0.4) is 0 Å². The molecule has 0 amide bonds. The van der Waals surface area contributed by atoms with Gasteiger partial charge in [-0.05, 0) is 35.1 Å². The topological polar surface area (TPSA) is 3.24 Å². The van der Waals surface area contributed by atoms with Crippen LogP contribution in [0.2, 0.25) is 6.32 Å². The van der Waals surface area contributed by atoms with Gasteiger partial charge in [0, 0.05) is 12.2 Å². The van der Waals surface area contributed by atoms with Crippen LogP contribution >= 0.6 is 0 Å². The normalized spacial score (nSPS) is 17.3. The summed E-state index contributed by atoms with van der Waals surface area (Å²) < 4.78 is 0. The Labute approximate surface area is 134 Å². The highest BCUT2D eigenvalue weighted by molar-refractivity contribution is 6.62. The summed E-state index contributed by atoms with van der Waals surface area (Å²) in [6.45, 7) is 22.7. The molecule has 0 aliphatic carbocycles. The van der Waals surface area contributed by atoms with E-state index in [4.69, 9.17) is 0 Å². The maximum absolute atomic E-state index is 2.66. The Morgan fingerprint density at radius 3 is 1.86 bits per heavy atom. The molecule has 0 fully saturated rings. The molecule has 0 unspecified atom stereocenters. The van der Waals surface area contributed by atoms with E-state index in [1.807, 2.05) is 0 Å². The van der Waals surface area contributed by atoms with Crippen molar-refractivity contribution in [2.75, 3.05) is 6.54 Å². The second kappa shape index (κ2) is 6.22. The summed E-state index contributed by atoms with van der Waals surface area (Å²) in [6, 6.07) is 0. The molecule has 0 aromatic rings. The number of nitrogens with zero attached hydrogens (tertiary/aromatic N) is 1. The Bertz CT molecular complexity index is 399. The molecular weight excluding hydrogens is 253 g/mol. The fraction of sp³-hybridized carbons (Fsp3) is 0.789. The molecule has 0 spiro atoms. The summed E-state index contributed by atoms with van der Waals surface area (Å²) in [4.78, 5) is 2.66. The average molecular weight is 289 g/mol. The first kappa shape index (κ1) is 18.4. The van der Waals surface area contributed by atoms with Gasteiger partial charge in [-0.1, -0.05) is 74.4 Å². The molecule has 0 atom stereocenters. The van der Waals surface area contributed by atoms with Gasteiger partial charge in [0.15, 0.2) is 0 Å². The van der Waals surface area contributed by atoms with Gasteiger partial charge in [0.25, 0.3) is 6.85 Å². The van der Waals surface area contributed by atoms with Crippen LogP contribution in [0.4, 0.5) is 0 Å². The minimum Gasteiger partial charge on any atom is -0.414 e. The Kier molecular flexibility index (Phi) is 5.45. The van der Waals surface area contributed by atoms with E-state index < -0.39 is 0 Å². The van der Waals surface area contributed by atoms with Crippen molar-refractivity contribution in [2.45, 2.75) is 75.1 Å². The van der Waals surface area contributed by atoms with E-state index in [2.05, 4.69) is 85.3 Å². The standard InChI is InChI=1S/C19H36BN/c1-17(2,3)13-16-11-10-12-20(14-18(4,5)6)21(16)15-19(7,8)9/h10-12H,13-15H2,1-9H3. The zero-order chi connectivity index (χ0) is 16.5. The zero-order valence-electron chi connectivity index (χ0n) is 15.9. The van der Waals surface area contributed by atoms with Crippen molar-refractivity contribution in [3.8, 4) is 0 Å². The highest BCUT2D eigenvalue weighted by Gasteiger charge is 2.32. The van der Waals surface area contributed by atoms with Crippen LogP contribution in [0.1, 0.15) is 68.7 Å². The molecule has 0 bridgehead atoms. The molecule has 21 heavy (non-hydrogen) atoms. The van der Waals surface area contributed by atoms with Crippen molar-refractivity contribution >= 4 is 6.85 Å². The van der Waals surface area contributed by atoms with Crippen molar-refractivity contribution in [1.82, 2.24) is 4.81 Å². The second-order valence-electron chi connectivity index (χ2n) is 10.3. The summed E-state index contributed by atoms with van der Waals surface area (Å²) in [7, 11) is 0. The summed E-state index contributed by atoms with van der Waals surface area (Å²) in [6.07, 6.45) is 6.96. The summed E-state index contributed by atoms with van der Waals surface area (Å²) in [5.74, 6) is 2.39. The fourth-order valence-electron chi connectivity index (χ4n) is 2.95. The first-order valence-electron chi connectivity index (χ1n) is 8.41. The highest BCUT2D eigenvalue weighted by Crippen LogP contribution is 2.34. The van der Waals surface area contributed by atoms with Crippen LogP contribution in [0, 0.1) is 16.2 Å². The van der Waals surface area contributed by atoms with E-state index in [-0.39, 0.29) is 0 Å². The zero-order valence-corrected chi connectivity index (χ0v) is 15.9. The van der Waals surface area contributed by atoms with Crippen LogP contribution in [-0.2, 0) is 0 Å². The van der Waals surface area contributed by atoms with Gasteiger partial charge in [-0.2, -0.15) is 0 Å². The van der Waals surface area contributed by atoms with Crippen molar-refractivity contribution in [1.29, 1.82) is 0 Å². The Hall–Kier alpha value is -0.655. The van der Waals surface area contributed by atoms with Crippen molar-refractivity contribution < 1.29 is 0 Å². The van der Waals surface area contributed by atoms with E-state index in [0.29, 0.717) is 23.1 Å². The van der Waals surface area contributed by atoms with E-state index in [9.17, 15) is 0 Å². The molecule has 0 N–H and O–H groups in total. The largest absolute Gasteiger partial charge is 0.414 e. The third-order valence-electron chi connectivity index (χ3n) is 3.57. The number of rotatable bonds is 3. The lowest BCUT2D eigenvalue weighted by Crippen LogP contribution is -2.45. The van der Waals surface area contributed by atoms with Gasteiger partial charge in [0.1, 0.15) is 0 Å². The van der Waals surface area contributed by atoms with Crippen LogP contribution < -0.4 is 0 Å². The quantitative estimate of drug-likeness (QED) is 0.593. The summed E-state index contributed by atoms with van der Waals surface area (Å²) in [5.41, 5.74) is 2.52. The van der Waals surface area contributed by atoms with Gasteiger partial charge in [0.05, 0.1) is 0 Å². The van der Waals surface area contributed by atoms with Gasteiger partial charge in [-0.25, -0.2) is 0 Å². The molecule has 0 aromatic heterocycles. The predicted octanol–water partition coefficient (Wildman–Crippen LogP) is 5.80. The van der Waals surface area contributed by atoms with E-state index >= 15 is 0 Å². The Morgan fingerprint density at radius 2 is 1.43 bits per heavy atom. The summed E-state index contributed by atoms with van der Waals surface area (Å²) >= 11 is 0. The van der Waals surface area contributed by atoms with Gasteiger partial charge in [-0.3, -0.25) is 0 Å². The van der Waals surface area contributed by atoms with E-state index in [1.165, 1.54) is 12.0 Å². The van der Waals surface area contributed by atoms with E-state index in [1.54, 1.807) is 0 Å². The molecule has 0 radical (unpaired) electrons. The lowest BCUT2D eigenvalue weighted by Gasteiger charge is -2.42. The predicted molar refractivity (Wildman–Crippen MR) is 97.5 cm³/mol. The van der Waals surface area contributed by atoms with Crippen molar-refractivity contribution in [3.05, 3.63) is 23.8 Å². The maximum Gasteiger partial charge on any atom is 0.281 e. The fourth-order valence-corrected chi connectivity index (χ4v) is 2.95. The Morgan fingerprint density at radius 1 is 0.857 bits per heavy atom. The minimum atomic E-state index is 0.318. The van der Waals surface area contributed by atoms with Gasteiger partial charge >= 0.3 is 0 Å². The molecular formula is C19H36BN. The molecule has 0 saturated heterocycles. The number of hydrogen-bond donors (Lipinski definition) is 0. The van der Waals surface area contributed by atoms with Crippen molar-refractivity contribution in [2.24, 2.45) is 16.2 Å². The van der Waals surface area contributed by atoms with Gasteiger partial charge in [-0.15, -0.1) is 0 Å². The molecule has 0 saturated carbocycles. The number of allylic oxidation sites excluding steroid dienone is 3.